The van der Waals surface area contributed by atoms with Crippen LogP contribution in [0.2, 0.25) is 0 Å². The second-order valence-electron chi connectivity index (χ2n) is 6.72. The van der Waals surface area contributed by atoms with E-state index in [9.17, 15) is 13.2 Å². The largest absolute Gasteiger partial charge is 0.492 e. The standard InChI is InChI=1S/C21H26N2O5S/c1-3-28-20-7-5-4-6-19(20)23(16-21(24)22-12-14-27-15-13-22)29(25,26)18-10-8-17(2)9-11-18/h4-11H,3,12-16H2,1-2H3. The molecule has 1 amide bonds. The van der Waals surface area contributed by atoms with E-state index in [1.165, 1.54) is 0 Å². The Morgan fingerprint density at radius 1 is 1.10 bits per heavy atom. The molecule has 0 spiro atoms. The van der Waals surface area contributed by atoms with Crippen molar-refractivity contribution in [2.24, 2.45) is 0 Å². The van der Waals surface area contributed by atoms with Crippen LogP contribution < -0.4 is 9.04 Å². The first-order valence-electron chi connectivity index (χ1n) is 9.60. The van der Waals surface area contributed by atoms with E-state index >= 15 is 0 Å². The Balaban J connectivity index is 2.01. The van der Waals surface area contributed by atoms with E-state index in [0.29, 0.717) is 44.3 Å². The van der Waals surface area contributed by atoms with E-state index < -0.39 is 10.0 Å². The molecule has 3 rings (SSSR count). The summed E-state index contributed by atoms with van der Waals surface area (Å²) in [4.78, 5) is 14.7. The van der Waals surface area contributed by atoms with Gasteiger partial charge in [-0.05, 0) is 38.1 Å². The first-order valence-corrected chi connectivity index (χ1v) is 11.0. The number of sulfonamides is 1. The van der Waals surface area contributed by atoms with Crippen LogP contribution in [-0.2, 0) is 19.6 Å². The maximum Gasteiger partial charge on any atom is 0.264 e. The lowest BCUT2D eigenvalue weighted by molar-refractivity contribution is -0.133. The van der Waals surface area contributed by atoms with Crippen LogP contribution in [0.3, 0.4) is 0 Å². The van der Waals surface area contributed by atoms with E-state index in [-0.39, 0.29) is 17.3 Å². The minimum absolute atomic E-state index is 0.129. The van der Waals surface area contributed by atoms with E-state index in [2.05, 4.69) is 0 Å². The summed E-state index contributed by atoms with van der Waals surface area (Å²) in [6.45, 7) is 5.59. The molecule has 7 nitrogen and oxygen atoms in total. The zero-order valence-electron chi connectivity index (χ0n) is 16.7. The van der Waals surface area contributed by atoms with Crippen LogP contribution in [0.25, 0.3) is 0 Å². The van der Waals surface area contributed by atoms with Crippen molar-refractivity contribution in [3.63, 3.8) is 0 Å². The van der Waals surface area contributed by atoms with Gasteiger partial charge in [-0.1, -0.05) is 29.8 Å². The van der Waals surface area contributed by atoms with Crippen LogP contribution in [0.1, 0.15) is 12.5 Å². The molecule has 0 radical (unpaired) electrons. The van der Waals surface area contributed by atoms with Gasteiger partial charge in [0.15, 0.2) is 0 Å². The van der Waals surface area contributed by atoms with Crippen LogP contribution >= 0.6 is 0 Å². The van der Waals surface area contributed by atoms with Crippen molar-refractivity contribution >= 4 is 21.6 Å². The van der Waals surface area contributed by atoms with Gasteiger partial charge in [0.25, 0.3) is 10.0 Å². The number of ether oxygens (including phenoxy) is 2. The SMILES string of the molecule is CCOc1ccccc1N(CC(=O)N1CCOCC1)S(=O)(=O)c1ccc(C)cc1. The van der Waals surface area contributed by atoms with Crippen molar-refractivity contribution in [2.75, 3.05) is 43.8 Å². The molecule has 1 saturated heterocycles. The zero-order chi connectivity index (χ0) is 20.9. The Labute approximate surface area is 171 Å². The van der Waals surface area contributed by atoms with Gasteiger partial charge in [-0.25, -0.2) is 8.42 Å². The summed E-state index contributed by atoms with van der Waals surface area (Å²) in [5, 5.41) is 0. The van der Waals surface area contributed by atoms with Crippen molar-refractivity contribution in [3.05, 3.63) is 54.1 Å². The topological polar surface area (TPSA) is 76.2 Å². The predicted octanol–water partition coefficient (Wildman–Crippen LogP) is 2.45. The highest BCUT2D eigenvalue weighted by Gasteiger charge is 2.31. The quantitative estimate of drug-likeness (QED) is 0.690. The van der Waals surface area contributed by atoms with E-state index in [4.69, 9.17) is 9.47 Å². The van der Waals surface area contributed by atoms with Gasteiger partial charge < -0.3 is 14.4 Å². The van der Waals surface area contributed by atoms with Crippen LogP contribution in [-0.4, -0.2) is 58.7 Å². The van der Waals surface area contributed by atoms with Gasteiger partial charge in [-0.2, -0.15) is 0 Å². The predicted molar refractivity (Wildman–Crippen MR) is 111 cm³/mol. The molecule has 0 saturated carbocycles. The number of anilines is 1. The lowest BCUT2D eigenvalue weighted by Gasteiger charge is -2.31. The number of carbonyl (C=O) groups excluding carboxylic acids is 1. The van der Waals surface area contributed by atoms with Crippen molar-refractivity contribution in [2.45, 2.75) is 18.7 Å². The van der Waals surface area contributed by atoms with Crippen LogP contribution in [0.15, 0.2) is 53.4 Å². The van der Waals surface area contributed by atoms with Gasteiger partial charge in [-0.15, -0.1) is 0 Å². The molecule has 156 valence electrons. The molecule has 1 fully saturated rings. The molecule has 0 atom stereocenters. The Bertz CT molecular complexity index is 938. The molecule has 1 aliphatic rings. The molecule has 29 heavy (non-hydrogen) atoms. The summed E-state index contributed by atoms with van der Waals surface area (Å²) in [6.07, 6.45) is 0. The summed E-state index contributed by atoms with van der Waals surface area (Å²) >= 11 is 0. The highest BCUT2D eigenvalue weighted by Crippen LogP contribution is 2.32. The number of rotatable bonds is 7. The molecule has 0 N–H and O–H groups in total. The molecular weight excluding hydrogens is 392 g/mol. The maximum atomic E-state index is 13.5. The number of carbonyl (C=O) groups is 1. The van der Waals surface area contributed by atoms with Gasteiger partial charge in [0, 0.05) is 13.1 Å². The average Bonchev–Trinajstić information content (AvgIpc) is 2.73. The van der Waals surface area contributed by atoms with Gasteiger partial charge in [0.1, 0.15) is 12.3 Å². The molecule has 0 aromatic heterocycles. The third-order valence-corrected chi connectivity index (χ3v) is 6.46. The Hall–Kier alpha value is -2.58. The fourth-order valence-electron chi connectivity index (χ4n) is 3.11. The number of para-hydroxylation sites is 2. The summed E-state index contributed by atoms with van der Waals surface area (Å²) in [6, 6.07) is 13.5. The molecule has 1 heterocycles. The summed E-state index contributed by atoms with van der Waals surface area (Å²) in [5.74, 6) is 0.149. The molecule has 8 heteroatoms. The smallest absolute Gasteiger partial charge is 0.264 e. The maximum absolute atomic E-state index is 13.5. The lowest BCUT2D eigenvalue weighted by atomic mass is 10.2. The van der Waals surface area contributed by atoms with Gasteiger partial charge in [-0.3, -0.25) is 9.10 Å². The fourth-order valence-corrected chi connectivity index (χ4v) is 4.54. The van der Waals surface area contributed by atoms with Crippen molar-refractivity contribution < 1.29 is 22.7 Å². The third kappa shape index (κ3) is 4.89. The van der Waals surface area contributed by atoms with Crippen molar-refractivity contribution in [1.82, 2.24) is 4.90 Å². The minimum atomic E-state index is -3.97. The van der Waals surface area contributed by atoms with Crippen LogP contribution in [0.5, 0.6) is 5.75 Å². The highest BCUT2D eigenvalue weighted by atomic mass is 32.2. The Morgan fingerprint density at radius 3 is 2.41 bits per heavy atom. The van der Waals surface area contributed by atoms with Gasteiger partial charge in [0.2, 0.25) is 5.91 Å². The number of hydrogen-bond acceptors (Lipinski definition) is 5. The zero-order valence-corrected chi connectivity index (χ0v) is 17.5. The first-order chi connectivity index (χ1) is 13.9. The molecule has 2 aromatic rings. The number of aryl methyl sites for hydroxylation is 1. The molecule has 0 bridgehead atoms. The Morgan fingerprint density at radius 2 is 1.76 bits per heavy atom. The van der Waals surface area contributed by atoms with E-state index in [1.54, 1.807) is 53.4 Å². The Kier molecular flexibility index (Phi) is 6.76. The number of nitrogens with zero attached hydrogens (tertiary/aromatic N) is 2. The normalized spacial score (nSPS) is 14.5. The van der Waals surface area contributed by atoms with Gasteiger partial charge in [0.05, 0.1) is 30.4 Å². The number of hydrogen-bond donors (Lipinski definition) is 0. The average molecular weight is 419 g/mol. The summed E-state index contributed by atoms with van der Waals surface area (Å²) in [7, 11) is -3.97. The van der Waals surface area contributed by atoms with Crippen molar-refractivity contribution in [1.29, 1.82) is 0 Å². The first kappa shape index (κ1) is 21.1. The van der Waals surface area contributed by atoms with E-state index in [0.717, 1.165) is 9.87 Å². The second kappa shape index (κ2) is 9.28. The summed E-state index contributed by atoms with van der Waals surface area (Å²) in [5.41, 5.74) is 1.30. The molecule has 0 unspecified atom stereocenters. The van der Waals surface area contributed by atoms with Gasteiger partial charge >= 0.3 is 0 Å². The number of benzene rings is 2. The lowest BCUT2D eigenvalue weighted by Crippen LogP contribution is -2.47. The highest BCUT2D eigenvalue weighted by molar-refractivity contribution is 7.92. The summed E-state index contributed by atoms with van der Waals surface area (Å²) < 4.78 is 39.1. The monoisotopic (exact) mass is 418 g/mol. The molecule has 2 aromatic carbocycles. The molecule has 1 aliphatic heterocycles. The minimum Gasteiger partial charge on any atom is -0.492 e. The van der Waals surface area contributed by atoms with E-state index in [1.807, 2.05) is 13.8 Å². The fraction of sp³-hybridized carbons (Fsp3) is 0.381. The molecular formula is C21H26N2O5S. The number of morpholine rings is 1. The molecule has 0 aliphatic carbocycles. The van der Waals surface area contributed by atoms with Crippen LogP contribution in [0, 0.1) is 6.92 Å². The second-order valence-corrected chi connectivity index (χ2v) is 8.58. The van der Waals surface area contributed by atoms with Crippen LogP contribution in [0.4, 0.5) is 5.69 Å². The van der Waals surface area contributed by atoms with Crippen molar-refractivity contribution in [3.8, 4) is 5.75 Å². The third-order valence-electron chi connectivity index (χ3n) is 4.69. The number of amides is 1.